The molecule has 1 aromatic carbocycles. The quantitative estimate of drug-likeness (QED) is 0.226. The van der Waals surface area contributed by atoms with E-state index in [0.717, 1.165) is 35.0 Å². The van der Waals surface area contributed by atoms with Crippen molar-refractivity contribution in [3.63, 3.8) is 0 Å². The Morgan fingerprint density at radius 1 is 1.00 bits per heavy atom. The summed E-state index contributed by atoms with van der Waals surface area (Å²) in [5.74, 6) is -1.04. The zero-order valence-electron chi connectivity index (χ0n) is 19.4. The fraction of sp³-hybridized carbons (Fsp3) is 0.615. The van der Waals surface area contributed by atoms with E-state index in [1.807, 2.05) is 32.2 Å². The van der Waals surface area contributed by atoms with Gasteiger partial charge in [0.15, 0.2) is 5.78 Å². The number of halogens is 1. The van der Waals surface area contributed by atoms with Crippen molar-refractivity contribution >= 4 is 34.3 Å². The lowest BCUT2D eigenvalue weighted by Gasteiger charge is -2.11. The fourth-order valence-electron chi connectivity index (χ4n) is 4.47. The van der Waals surface area contributed by atoms with Gasteiger partial charge < -0.3 is 9.67 Å². The number of Topliss-reactive ketones (excluding diaryl/α,β-unsaturated/α-hetero) is 1. The van der Waals surface area contributed by atoms with Gasteiger partial charge in [0, 0.05) is 47.1 Å². The number of aliphatic carboxylic acids is 1. The minimum absolute atomic E-state index is 0.00481. The normalized spacial score (nSPS) is 12.4. The van der Waals surface area contributed by atoms with Crippen molar-refractivity contribution in [2.24, 2.45) is 13.0 Å². The number of carbonyl (C=O) groups is 2. The predicted molar refractivity (Wildman–Crippen MR) is 129 cm³/mol. The van der Waals surface area contributed by atoms with Crippen molar-refractivity contribution in [2.45, 2.75) is 90.9 Å². The summed E-state index contributed by atoms with van der Waals surface area (Å²) in [7, 11) is 2.01. The summed E-state index contributed by atoms with van der Waals surface area (Å²) in [6.45, 7) is 4.07. The van der Waals surface area contributed by atoms with Crippen LogP contribution < -0.4 is 0 Å². The van der Waals surface area contributed by atoms with Crippen molar-refractivity contribution in [1.82, 2.24) is 4.57 Å². The first-order chi connectivity index (χ1) is 14.8. The third-order valence-corrected chi connectivity index (χ3v) is 6.37. The number of hydrogen-bond acceptors (Lipinski definition) is 2. The van der Waals surface area contributed by atoms with Crippen LogP contribution in [0, 0.1) is 5.92 Å². The van der Waals surface area contributed by atoms with Crippen LogP contribution in [0.25, 0.3) is 10.9 Å². The summed E-state index contributed by atoms with van der Waals surface area (Å²) in [4.78, 5) is 24.2. The molecule has 1 N–H and O–H groups in total. The summed E-state index contributed by atoms with van der Waals surface area (Å²) < 4.78 is 2.12. The molecule has 0 saturated carbocycles. The molecule has 0 aliphatic heterocycles. The largest absolute Gasteiger partial charge is 0.481 e. The SMILES string of the molecule is CCCCCCCCCCCc1c(C(=O)CC(C)CC(=O)O)c2cc(Cl)ccc2n1C. The molecule has 1 unspecified atom stereocenters. The second-order valence-corrected chi connectivity index (χ2v) is 9.39. The molecule has 31 heavy (non-hydrogen) atoms. The summed E-state index contributed by atoms with van der Waals surface area (Å²) in [6, 6.07) is 5.69. The molecule has 0 saturated heterocycles. The van der Waals surface area contributed by atoms with Crippen molar-refractivity contribution in [2.75, 3.05) is 0 Å². The summed E-state index contributed by atoms with van der Waals surface area (Å²) >= 11 is 6.24. The molecule has 0 radical (unpaired) electrons. The Bertz CT molecular complexity index is 871. The van der Waals surface area contributed by atoms with Crippen LogP contribution in [0.2, 0.25) is 5.02 Å². The number of rotatable bonds is 15. The highest BCUT2D eigenvalue weighted by Crippen LogP contribution is 2.31. The molecular formula is C26H38ClNO3. The van der Waals surface area contributed by atoms with Gasteiger partial charge in [-0.3, -0.25) is 9.59 Å². The number of carboxylic acid groups (broad SMARTS) is 1. The Balaban J connectivity index is 2.07. The molecule has 5 heteroatoms. The average molecular weight is 448 g/mol. The number of ketones is 1. The number of hydrogen-bond donors (Lipinski definition) is 1. The first-order valence-corrected chi connectivity index (χ1v) is 12.2. The van der Waals surface area contributed by atoms with Crippen LogP contribution in [0.1, 0.15) is 101 Å². The van der Waals surface area contributed by atoms with E-state index in [9.17, 15) is 9.59 Å². The van der Waals surface area contributed by atoms with Gasteiger partial charge >= 0.3 is 5.97 Å². The number of aromatic nitrogens is 1. The van der Waals surface area contributed by atoms with E-state index in [2.05, 4.69) is 11.5 Å². The maximum Gasteiger partial charge on any atom is 0.303 e. The zero-order chi connectivity index (χ0) is 22.8. The Morgan fingerprint density at radius 3 is 2.23 bits per heavy atom. The zero-order valence-corrected chi connectivity index (χ0v) is 20.1. The van der Waals surface area contributed by atoms with E-state index in [1.54, 1.807) is 0 Å². The highest BCUT2D eigenvalue weighted by Gasteiger charge is 2.23. The summed E-state index contributed by atoms with van der Waals surface area (Å²) in [5.41, 5.74) is 2.79. The number of nitrogens with zero attached hydrogens (tertiary/aromatic N) is 1. The Kier molecular flexibility index (Phi) is 10.6. The number of fused-ring (bicyclic) bond motifs is 1. The highest BCUT2D eigenvalue weighted by molar-refractivity contribution is 6.31. The molecule has 0 bridgehead atoms. The lowest BCUT2D eigenvalue weighted by molar-refractivity contribution is -0.137. The fourth-order valence-corrected chi connectivity index (χ4v) is 4.64. The van der Waals surface area contributed by atoms with Crippen LogP contribution in [0.15, 0.2) is 18.2 Å². The monoisotopic (exact) mass is 447 g/mol. The topological polar surface area (TPSA) is 59.3 Å². The van der Waals surface area contributed by atoms with Gasteiger partial charge in [0.2, 0.25) is 0 Å². The van der Waals surface area contributed by atoms with E-state index in [1.165, 1.54) is 51.4 Å². The van der Waals surface area contributed by atoms with Crippen molar-refractivity contribution < 1.29 is 14.7 Å². The maximum absolute atomic E-state index is 13.2. The summed E-state index contributed by atoms with van der Waals surface area (Å²) in [5, 5.41) is 10.5. The van der Waals surface area contributed by atoms with Crippen molar-refractivity contribution in [3.8, 4) is 0 Å². The second-order valence-electron chi connectivity index (χ2n) is 8.95. The lowest BCUT2D eigenvalue weighted by atomic mass is 9.94. The molecular weight excluding hydrogens is 410 g/mol. The first kappa shape index (κ1) is 25.5. The smallest absolute Gasteiger partial charge is 0.303 e. The number of aryl methyl sites for hydroxylation is 1. The van der Waals surface area contributed by atoms with Crippen LogP contribution >= 0.6 is 11.6 Å². The molecule has 0 amide bonds. The first-order valence-electron chi connectivity index (χ1n) is 11.9. The third kappa shape index (κ3) is 7.68. The molecule has 1 atom stereocenters. The van der Waals surface area contributed by atoms with Crippen LogP contribution in [-0.2, 0) is 18.3 Å². The molecule has 0 fully saturated rings. The maximum atomic E-state index is 13.2. The molecule has 2 aromatic rings. The van der Waals surface area contributed by atoms with Gasteiger partial charge in [0.05, 0.1) is 0 Å². The van der Waals surface area contributed by atoms with Gasteiger partial charge in [0.25, 0.3) is 0 Å². The van der Waals surface area contributed by atoms with E-state index in [-0.39, 0.29) is 24.5 Å². The molecule has 1 aromatic heterocycles. The second kappa shape index (κ2) is 12.9. The van der Waals surface area contributed by atoms with E-state index in [0.29, 0.717) is 5.02 Å². The molecule has 4 nitrogen and oxygen atoms in total. The minimum Gasteiger partial charge on any atom is -0.481 e. The molecule has 0 aliphatic rings. The van der Waals surface area contributed by atoms with Gasteiger partial charge in [-0.2, -0.15) is 0 Å². The van der Waals surface area contributed by atoms with Gasteiger partial charge in [0.1, 0.15) is 0 Å². The lowest BCUT2D eigenvalue weighted by Crippen LogP contribution is -2.12. The van der Waals surface area contributed by atoms with Crippen molar-refractivity contribution in [1.29, 1.82) is 0 Å². The predicted octanol–water partition coefficient (Wildman–Crippen LogP) is 7.59. The number of benzene rings is 1. The third-order valence-electron chi connectivity index (χ3n) is 6.14. The van der Waals surface area contributed by atoms with Gasteiger partial charge in [-0.1, -0.05) is 76.8 Å². The van der Waals surface area contributed by atoms with Gasteiger partial charge in [-0.25, -0.2) is 0 Å². The molecule has 0 aliphatic carbocycles. The van der Waals surface area contributed by atoms with Crippen LogP contribution in [0.4, 0.5) is 0 Å². The van der Waals surface area contributed by atoms with Crippen LogP contribution in [-0.4, -0.2) is 21.4 Å². The van der Waals surface area contributed by atoms with Crippen LogP contribution in [0.5, 0.6) is 0 Å². The Morgan fingerprint density at radius 2 is 1.61 bits per heavy atom. The molecule has 1 heterocycles. The van der Waals surface area contributed by atoms with E-state index in [4.69, 9.17) is 16.7 Å². The van der Waals surface area contributed by atoms with E-state index >= 15 is 0 Å². The van der Waals surface area contributed by atoms with Crippen LogP contribution in [0.3, 0.4) is 0 Å². The Hall–Kier alpha value is -1.81. The van der Waals surface area contributed by atoms with Gasteiger partial charge in [-0.15, -0.1) is 0 Å². The minimum atomic E-state index is -0.865. The standard InChI is InChI=1S/C26H38ClNO3/c1-4-5-6-7-8-9-10-11-12-13-23-26(24(29)16-19(2)17-25(30)31)21-18-20(27)14-15-22(21)28(23)3/h14-15,18-19H,4-13,16-17H2,1-3H3,(H,30,31). The molecule has 2 rings (SSSR count). The highest BCUT2D eigenvalue weighted by atomic mass is 35.5. The van der Waals surface area contributed by atoms with Crippen molar-refractivity contribution in [3.05, 3.63) is 34.5 Å². The number of carbonyl (C=O) groups excluding carboxylic acids is 1. The molecule has 0 spiro atoms. The average Bonchev–Trinajstić information content (AvgIpc) is 2.97. The van der Waals surface area contributed by atoms with E-state index < -0.39 is 5.97 Å². The van der Waals surface area contributed by atoms with Gasteiger partial charge in [-0.05, 0) is 37.0 Å². The Labute approximate surface area is 192 Å². The molecule has 172 valence electrons. The number of unbranched alkanes of at least 4 members (excludes halogenated alkanes) is 8. The number of carboxylic acids is 1. The summed E-state index contributed by atoms with van der Waals surface area (Å²) in [6.07, 6.45) is 12.5.